The average molecular weight is 550 g/mol. The third-order valence-corrected chi connectivity index (χ3v) is 6.51. The van der Waals surface area contributed by atoms with Crippen molar-refractivity contribution in [3.05, 3.63) is 131 Å². The Morgan fingerprint density at radius 2 is 1.23 bits per heavy atom. The van der Waals surface area contributed by atoms with Crippen LogP contribution in [-0.2, 0) is 32.4 Å². The predicted molar refractivity (Wildman–Crippen MR) is 149 cm³/mol. The van der Waals surface area contributed by atoms with E-state index in [0.717, 1.165) is 28.8 Å². The lowest BCUT2D eigenvalue weighted by Crippen LogP contribution is -2.36. The van der Waals surface area contributed by atoms with Gasteiger partial charge in [-0.25, -0.2) is 0 Å². The van der Waals surface area contributed by atoms with E-state index in [0.29, 0.717) is 45.0 Å². The Balaban J connectivity index is 1.50. The van der Waals surface area contributed by atoms with Gasteiger partial charge in [0.2, 0.25) is 0 Å². The number of halogens is 3. The number of furan rings is 1. The minimum absolute atomic E-state index is 0.186. The average Bonchev–Trinajstić information content (AvgIpc) is 3.40. The van der Waals surface area contributed by atoms with E-state index in [1.54, 1.807) is 17.0 Å². The van der Waals surface area contributed by atoms with Gasteiger partial charge in [-0.05, 0) is 55.1 Å². The number of carbonyl (C=O) groups is 1. The number of hydrogen-bond acceptors (Lipinski definition) is 4. The van der Waals surface area contributed by atoms with E-state index in [-0.39, 0.29) is 11.7 Å². The Labute approximate surface area is 233 Å². The molecule has 0 bridgehead atoms. The van der Waals surface area contributed by atoms with Crippen LogP contribution in [0.15, 0.2) is 101 Å². The molecule has 1 heterocycles. The molecule has 0 fully saturated rings. The number of amides is 1. The number of nitrogens with zero attached hydrogens (tertiary/aromatic N) is 3. The first-order valence-electron chi connectivity index (χ1n) is 13.2. The second-order valence-electron chi connectivity index (χ2n) is 10.1. The number of likely N-dealkylation sites (N-methyl/N-ethyl adjacent to an activating group) is 1. The minimum atomic E-state index is -4.37. The lowest BCUT2D eigenvalue weighted by Gasteiger charge is -2.24. The predicted octanol–water partition coefficient (Wildman–Crippen LogP) is 6.70. The van der Waals surface area contributed by atoms with Crippen molar-refractivity contribution in [3.63, 3.8) is 0 Å². The smallest absolute Gasteiger partial charge is 0.416 e. The summed E-state index contributed by atoms with van der Waals surface area (Å²) in [7, 11) is 3.93. The third kappa shape index (κ3) is 8.56. The highest BCUT2D eigenvalue weighted by Crippen LogP contribution is 2.29. The van der Waals surface area contributed by atoms with E-state index < -0.39 is 11.7 Å². The van der Waals surface area contributed by atoms with Crippen molar-refractivity contribution < 1.29 is 22.4 Å². The molecule has 4 rings (SSSR count). The van der Waals surface area contributed by atoms with E-state index in [1.165, 1.54) is 12.1 Å². The third-order valence-electron chi connectivity index (χ3n) is 6.51. The highest BCUT2D eigenvalue weighted by Gasteiger charge is 2.30. The topological polar surface area (TPSA) is 39.9 Å². The summed E-state index contributed by atoms with van der Waals surface area (Å²) >= 11 is 0. The highest BCUT2D eigenvalue weighted by atomic mass is 19.4. The van der Waals surface area contributed by atoms with Gasteiger partial charge < -0.3 is 14.2 Å². The van der Waals surface area contributed by atoms with E-state index in [9.17, 15) is 18.0 Å². The first-order valence-corrected chi connectivity index (χ1v) is 13.2. The fourth-order valence-corrected chi connectivity index (χ4v) is 4.40. The number of carbonyl (C=O) groups excluding carboxylic acids is 1. The van der Waals surface area contributed by atoms with Gasteiger partial charge in [0.1, 0.15) is 5.76 Å². The molecule has 1 aromatic heterocycles. The van der Waals surface area contributed by atoms with Gasteiger partial charge >= 0.3 is 6.18 Å². The molecule has 4 aromatic rings. The summed E-state index contributed by atoms with van der Waals surface area (Å²) < 4.78 is 45.2. The summed E-state index contributed by atoms with van der Waals surface area (Å²) in [6.45, 7) is 3.10. The van der Waals surface area contributed by atoms with Crippen LogP contribution < -0.4 is 0 Å². The van der Waals surface area contributed by atoms with Gasteiger partial charge in [0.15, 0.2) is 5.76 Å². The molecule has 5 nitrogen and oxygen atoms in total. The Morgan fingerprint density at radius 3 is 1.77 bits per heavy atom. The van der Waals surface area contributed by atoms with Crippen molar-refractivity contribution in [2.45, 2.75) is 32.4 Å². The van der Waals surface area contributed by atoms with Gasteiger partial charge in [0.05, 0.1) is 12.1 Å². The van der Waals surface area contributed by atoms with Gasteiger partial charge in [-0.2, -0.15) is 13.2 Å². The second kappa shape index (κ2) is 13.5. The number of hydrogen-bond donors (Lipinski definition) is 0. The molecule has 0 N–H and O–H groups in total. The highest BCUT2D eigenvalue weighted by molar-refractivity contribution is 5.91. The van der Waals surface area contributed by atoms with Crippen LogP contribution in [0.3, 0.4) is 0 Å². The van der Waals surface area contributed by atoms with E-state index in [4.69, 9.17) is 4.42 Å². The molecule has 0 spiro atoms. The fourth-order valence-electron chi connectivity index (χ4n) is 4.40. The fraction of sp³-hybridized carbons (Fsp3) is 0.281. The van der Waals surface area contributed by atoms with Gasteiger partial charge in [-0.3, -0.25) is 9.69 Å². The Kier molecular flexibility index (Phi) is 9.79. The summed E-state index contributed by atoms with van der Waals surface area (Å²) in [6, 6.07) is 28.4. The maximum absolute atomic E-state index is 13.5. The van der Waals surface area contributed by atoms with Gasteiger partial charge in [0, 0.05) is 32.7 Å². The molecule has 0 atom stereocenters. The molecule has 1 amide bonds. The molecule has 0 saturated carbocycles. The first-order chi connectivity index (χ1) is 19.2. The second-order valence-corrected chi connectivity index (χ2v) is 10.1. The quantitative estimate of drug-likeness (QED) is 0.197. The maximum Gasteiger partial charge on any atom is 0.416 e. The van der Waals surface area contributed by atoms with Crippen molar-refractivity contribution in [1.29, 1.82) is 0 Å². The lowest BCUT2D eigenvalue weighted by molar-refractivity contribution is -0.137. The summed E-state index contributed by atoms with van der Waals surface area (Å²) in [6.07, 6.45) is -4.37. The van der Waals surface area contributed by atoms with Gasteiger partial charge in [0.25, 0.3) is 5.91 Å². The van der Waals surface area contributed by atoms with Crippen LogP contribution in [0.1, 0.15) is 38.6 Å². The number of rotatable bonds is 12. The van der Waals surface area contributed by atoms with E-state index >= 15 is 0 Å². The Morgan fingerprint density at radius 1 is 0.675 bits per heavy atom. The van der Waals surface area contributed by atoms with Crippen LogP contribution in [0, 0.1) is 0 Å². The standard InChI is InChI=1S/C32H34F3N3O2/c1-36(2)19-20-38(23-26-11-7-4-8-12-26)31(39)30-18-17-29(40-30)24-37(21-25-9-5-3-6-10-25)22-27-13-15-28(16-14-27)32(33,34)35/h3-18H,19-24H2,1-2H3. The van der Waals surface area contributed by atoms with Crippen LogP contribution in [0.4, 0.5) is 13.2 Å². The Bertz CT molecular complexity index is 1340. The molecule has 0 unspecified atom stereocenters. The van der Waals surface area contributed by atoms with Crippen molar-refractivity contribution in [2.75, 3.05) is 27.2 Å². The van der Waals surface area contributed by atoms with Crippen molar-refractivity contribution >= 4 is 5.91 Å². The van der Waals surface area contributed by atoms with Gasteiger partial charge in [-0.15, -0.1) is 0 Å². The SMILES string of the molecule is CN(C)CCN(Cc1ccccc1)C(=O)c1ccc(CN(Cc2ccccc2)Cc2ccc(C(F)(F)F)cc2)o1. The zero-order chi connectivity index (χ0) is 28.5. The molecule has 40 heavy (non-hydrogen) atoms. The zero-order valence-corrected chi connectivity index (χ0v) is 22.8. The van der Waals surface area contributed by atoms with Crippen LogP contribution in [0.2, 0.25) is 0 Å². The van der Waals surface area contributed by atoms with Crippen molar-refractivity contribution in [1.82, 2.24) is 14.7 Å². The van der Waals surface area contributed by atoms with Crippen LogP contribution in [-0.4, -0.2) is 47.8 Å². The van der Waals surface area contributed by atoms with Crippen LogP contribution in [0.5, 0.6) is 0 Å². The molecule has 3 aromatic carbocycles. The summed E-state index contributed by atoms with van der Waals surface area (Å²) in [5.41, 5.74) is 2.18. The van der Waals surface area contributed by atoms with Crippen molar-refractivity contribution in [2.24, 2.45) is 0 Å². The molecule has 8 heteroatoms. The normalized spacial score (nSPS) is 11.8. The lowest BCUT2D eigenvalue weighted by atomic mass is 10.1. The number of alkyl halides is 3. The monoisotopic (exact) mass is 549 g/mol. The van der Waals surface area contributed by atoms with E-state index in [1.807, 2.05) is 79.7 Å². The van der Waals surface area contributed by atoms with Crippen LogP contribution >= 0.6 is 0 Å². The summed E-state index contributed by atoms with van der Waals surface area (Å²) in [5, 5.41) is 0. The zero-order valence-electron chi connectivity index (χ0n) is 22.8. The molecular formula is C32H34F3N3O2. The molecule has 0 aliphatic heterocycles. The molecule has 0 aliphatic rings. The Hall–Kier alpha value is -3.88. The molecule has 210 valence electrons. The summed E-state index contributed by atoms with van der Waals surface area (Å²) in [4.78, 5) is 19.4. The first kappa shape index (κ1) is 29.1. The number of benzene rings is 3. The van der Waals surface area contributed by atoms with Crippen molar-refractivity contribution in [3.8, 4) is 0 Å². The summed E-state index contributed by atoms with van der Waals surface area (Å²) in [5.74, 6) is 0.687. The molecule has 0 radical (unpaired) electrons. The van der Waals surface area contributed by atoms with Gasteiger partial charge in [-0.1, -0.05) is 72.8 Å². The minimum Gasteiger partial charge on any atom is -0.455 e. The maximum atomic E-state index is 13.5. The largest absolute Gasteiger partial charge is 0.455 e. The molecule has 0 saturated heterocycles. The van der Waals surface area contributed by atoms with Crippen LogP contribution in [0.25, 0.3) is 0 Å². The molecule has 0 aliphatic carbocycles. The van der Waals surface area contributed by atoms with E-state index in [2.05, 4.69) is 4.90 Å². The molecular weight excluding hydrogens is 515 g/mol.